The molecule has 0 spiro atoms. The maximum Gasteiger partial charge on any atom is 0.326 e. The van der Waals surface area contributed by atoms with Crippen molar-refractivity contribution < 1.29 is 22.7 Å². The lowest BCUT2D eigenvalue weighted by atomic mass is 10.2. The number of halogens is 1. The second kappa shape index (κ2) is 11.3. The predicted molar refractivity (Wildman–Crippen MR) is 133 cm³/mol. The Balaban J connectivity index is 1.96. The van der Waals surface area contributed by atoms with Crippen molar-refractivity contribution in [1.82, 2.24) is 8.87 Å². The Morgan fingerprint density at radius 2 is 1.85 bits per heavy atom. The molecule has 0 saturated heterocycles. The average Bonchev–Trinajstić information content (AvgIpc) is 3.15. The fourth-order valence-corrected chi connectivity index (χ4v) is 5.85. The summed E-state index contributed by atoms with van der Waals surface area (Å²) in [6.07, 6.45) is 1.64. The van der Waals surface area contributed by atoms with Gasteiger partial charge in [0.05, 0.1) is 26.7 Å². The molecule has 0 N–H and O–H groups in total. The summed E-state index contributed by atoms with van der Waals surface area (Å²) in [5, 5.41) is 0.425. The Bertz CT molecular complexity index is 1360. The minimum atomic E-state index is -3.64. The molecule has 3 aromatic rings. The van der Waals surface area contributed by atoms with Crippen LogP contribution in [-0.4, -0.2) is 49.4 Å². The van der Waals surface area contributed by atoms with Crippen LogP contribution < -0.4 is 4.80 Å². The van der Waals surface area contributed by atoms with Crippen molar-refractivity contribution in [1.29, 1.82) is 0 Å². The zero-order valence-corrected chi connectivity index (χ0v) is 21.5. The summed E-state index contributed by atoms with van der Waals surface area (Å²) >= 11 is 7.57. The first-order chi connectivity index (χ1) is 16.2. The number of sulfonamides is 1. The quantitative estimate of drug-likeness (QED) is 0.393. The number of hydrogen-bond acceptors (Lipinski definition) is 6. The van der Waals surface area contributed by atoms with Crippen LogP contribution in [0.4, 0.5) is 0 Å². The second-order valence-electron chi connectivity index (χ2n) is 7.48. The van der Waals surface area contributed by atoms with E-state index in [1.165, 1.54) is 47.0 Å². The number of thiazole rings is 1. The summed E-state index contributed by atoms with van der Waals surface area (Å²) in [4.78, 5) is 29.6. The number of ether oxygens (including phenoxy) is 1. The summed E-state index contributed by atoms with van der Waals surface area (Å²) in [6.45, 7) is 4.20. The largest absolute Gasteiger partial charge is 0.465 e. The van der Waals surface area contributed by atoms with Gasteiger partial charge in [-0.25, -0.2) is 12.7 Å². The third kappa shape index (κ3) is 5.75. The molecule has 11 heteroatoms. The van der Waals surface area contributed by atoms with E-state index in [9.17, 15) is 18.0 Å². The van der Waals surface area contributed by atoms with Crippen LogP contribution in [0.1, 0.15) is 37.0 Å². The van der Waals surface area contributed by atoms with Gasteiger partial charge in [0.15, 0.2) is 4.80 Å². The van der Waals surface area contributed by atoms with Crippen molar-refractivity contribution in [3.63, 3.8) is 0 Å². The highest BCUT2D eigenvalue weighted by Crippen LogP contribution is 2.25. The summed E-state index contributed by atoms with van der Waals surface area (Å²) < 4.78 is 34.1. The summed E-state index contributed by atoms with van der Waals surface area (Å²) in [5.74, 6) is -1.04. The highest BCUT2D eigenvalue weighted by molar-refractivity contribution is 7.89. The first kappa shape index (κ1) is 26.1. The molecule has 2 aromatic carbocycles. The van der Waals surface area contributed by atoms with Gasteiger partial charge in [0, 0.05) is 19.2 Å². The topological polar surface area (TPSA) is 98.0 Å². The maximum absolute atomic E-state index is 12.9. The number of aromatic nitrogens is 1. The number of hydrogen-bond donors (Lipinski definition) is 0. The van der Waals surface area contributed by atoms with E-state index >= 15 is 0 Å². The van der Waals surface area contributed by atoms with E-state index in [0.717, 1.165) is 17.5 Å². The smallest absolute Gasteiger partial charge is 0.326 e. The minimum Gasteiger partial charge on any atom is -0.465 e. The van der Waals surface area contributed by atoms with Crippen molar-refractivity contribution in [2.75, 3.05) is 20.2 Å². The zero-order valence-electron chi connectivity index (χ0n) is 19.2. The molecule has 8 nitrogen and oxygen atoms in total. The Kier molecular flexibility index (Phi) is 8.64. The summed E-state index contributed by atoms with van der Waals surface area (Å²) in [5.41, 5.74) is 0.812. The lowest BCUT2D eigenvalue weighted by molar-refractivity contribution is -0.143. The van der Waals surface area contributed by atoms with E-state index in [0.29, 0.717) is 17.1 Å². The molecule has 0 aliphatic heterocycles. The minimum absolute atomic E-state index is 0.105. The van der Waals surface area contributed by atoms with Gasteiger partial charge in [-0.2, -0.15) is 4.99 Å². The van der Waals surface area contributed by atoms with Gasteiger partial charge < -0.3 is 9.30 Å². The SMILES string of the molecule is CCCCN(C)S(=O)(=O)c1ccc(C(=O)N=c2sc3cccc(Cl)c3n2CC(=O)OCC)cc1. The molecular weight excluding hydrogens is 498 g/mol. The number of carbonyl (C=O) groups excluding carboxylic acids is 2. The average molecular weight is 524 g/mol. The van der Waals surface area contributed by atoms with Gasteiger partial charge >= 0.3 is 5.97 Å². The third-order valence-electron chi connectivity index (χ3n) is 5.08. The zero-order chi connectivity index (χ0) is 24.9. The van der Waals surface area contributed by atoms with E-state index in [1.54, 1.807) is 23.6 Å². The third-order valence-corrected chi connectivity index (χ3v) is 8.30. The number of amides is 1. The monoisotopic (exact) mass is 523 g/mol. The second-order valence-corrected chi connectivity index (χ2v) is 10.9. The van der Waals surface area contributed by atoms with E-state index in [-0.39, 0.29) is 28.4 Å². The number of fused-ring (bicyclic) bond motifs is 1. The fraction of sp³-hybridized carbons (Fsp3) is 0.348. The molecule has 182 valence electrons. The van der Waals surface area contributed by atoms with E-state index < -0.39 is 21.9 Å². The normalized spacial score (nSPS) is 12.4. The van der Waals surface area contributed by atoms with Gasteiger partial charge in [-0.1, -0.05) is 42.3 Å². The van der Waals surface area contributed by atoms with Gasteiger partial charge in [-0.05, 0) is 49.7 Å². The Hall–Kier alpha value is -2.53. The van der Waals surface area contributed by atoms with Gasteiger partial charge in [-0.3, -0.25) is 9.59 Å². The molecule has 0 radical (unpaired) electrons. The van der Waals surface area contributed by atoms with Crippen LogP contribution >= 0.6 is 22.9 Å². The molecule has 0 fully saturated rings. The van der Waals surface area contributed by atoms with Crippen molar-refractivity contribution in [3.05, 3.63) is 57.9 Å². The van der Waals surface area contributed by atoms with Crippen molar-refractivity contribution >= 4 is 55.1 Å². The number of esters is 1. The van der Waals surface area contributed by atoms with Crippen LogP contribution in [0.3, 0.4) is 0 Å². The summed E-state index contributed by atoms with van der Waals surface area (Å²) in [6, 6.07) is 11.0. The van der Waals surface area contributed by atoms with Crippen LogP contribution in [0, 0.1) is 0 Å². The Morgan fingerprint density at radius 1 is 1.15 bits per heavy atom. The van der Waals surface area contributed by atoms with Crippen LogP contribution in [0.2, 0.25) is 5.02 Å². The molecule has 0 unspecified atom stereocenters. The number of nitrogens with zero attached hydrogens (tertiary/aromatic N) is 3. The van der Waals surface area contributed by atoms with Gasteiger partial charge in [0.25, 0.3) is 5.91 Å². The van der Waals surface area contributed by atoms with Crippen LogP contribution in [0.25, 0.3) is 10.2 Å². The Morgan fingerprint density at radius 3 is 2.50 bits per heavy atom. The molecule has 0 saturated carbocycles. The van der Waals surface area contributed by atoms with Crippen molar-refractivity contribution in [2.45, 2.75) is 38.1 Å². The molecule has 3 rings (SSSR count). The lowest BCUT2D eigenvalue weighted by Crippen LogP contribution is -2.27. The molecule has 0 atom stereocenters. The summed E-state index contributed by atoms with van der Waals surface area (Å²) in [7, 11) is -2.10. The molecule has 0 aliphatic carbocycles. The molecule has 0 aliphatic rings. The van der Waals surface area contributed by atoms with E-state index in [4.69, 9.17) is 16.3 Å². The van der Waals surface area contributed by atoms with Gasteiger partial charge in [-0.15, -0.1) is 0 Å². The number of unbranched alkanes of at least 4 members (excludes halogenated alkanes) is 1. The highest BCUT2D eigenvalue weighted by Gasteiger charge is 2.21. The molecule has 34 heavy (non-hydrogen) atoms. The molecular formula is C23H26ClN3O5S2. The first-order valence-corrected chi connectivity index (χ1v) is 13.4. The van der Waals surface area contributed by atoms with Crippen molar-refractivity contribution in [3.8, 4) is 0 Å². The predicted octanol–water partition coefficient (Wildman–Crippen LogP) is 4.08. The number of carbonyl (C=O) groups is 2. The highest BCUT2D eigenvalue weighted by atomic mass is 35.5. The molecule has 1 aromatic heterocycles. The van der Waals surface area contributed by atoms with Crippen LogP contribution in [0.15, 0.2) is 52.4 Å². The standard InChI is InChI=1S/C23H26ClN3O5S2/c1-4-6-14-26(3)34(30,31)17-12-10-16(11-13-17)22(29)25-23-27(15-20(28)32-5-2)21-18(24)8-7-9-19(21)33-23/h7-13H,4-6,14-15H2,1-3H3. The van der Waals surface area contributed by atoms with Crippen LogP contribution in [-0.2, 0) is 26.1 Å². The molecule has 1 heterocycles. The van der Waals surface area contributed by atoms with E-state index in [2.05, 4.69) is 4.99 Å². The lowest BCUT2D eigenvalue weighted by Gasteiger charge is -2.16. The first-order valence-electron chi connectivity index (χ1n) is 10.8. The van der Waals surface area contributed by atoms with Crippen molar-refractivity contribution in [2.24, 2.45) is 4.99 Å². The Labute approximate surface area is 207 Å². The molecule has 1 amide bonds. The maximum atomic E-state index is 12.9. The van der Waals surface area contributed by atoms with Gasteiger partial charge in [0.2, 0.25) is 10.0 Å². The number of rotatable bonds is 9. The van der Waals surface area contributed by atoms with E-state index in [1.807, 2.05) is 13.0 Å². The van der Waals surface area contributed by atoms with Crippen LogP contribution in [0.5, 0.6) is 0 Å². The number of para-hydroxylation sites is 1. The molecule has 0 bridgehead atoms. The van der Waals surface area contributed by atoms with Gasteiger partial charge in [0.1, 0.15) is 6.54 Å². The number of benzene rings is 2. The fourth-order valence-electron chi connectivity index (χ4n) is 3.26.